The van der Waals surface area contributed by atoms with Gasteiger partial charge >= 0.3 is 0 Å². The van der Waals surface area contributed by atoms with Gasteiger partial charge in [-0.3, -0.25) is 0 Å². The van der Waals surface area contributed by atoms with Crippen molar-refractivity contribution >= 4 is 10.0 Å². The molecule has 0 aliphatic rings. The second-order valence-electron chi connectivity index (χ2n) is 5.37. The number of sulfonamides is 1. The Labute approximate surface area is 121 Å². The molecule has 0 fully saturated rings. The summed E-state index contributed by atoms with van der Waals surface area (Å²) in [6.45, 7) is 9.03. The van der Waals surface area contributed by atoms with Crippen LogP contribution in [0.15, 0.2) is 11.2 Å². The summed E-state index contributed by atoms with van der Waals surface area (Å²) in [6.07, 6.45) is 3.15. The van der Waals surface area contributed by atoms with E-state index in [1.807, 2.05) is 32.3 Å². The van der Waals surface area contributed by atoms with E-state index in [4.69, 9.17) is 5.73 Å². The highest BCUT2D eigenvalue weighted by atomic mass is 32.2. The predicted molar refractivity (Wildman–Crippen MR) is 79.9 cm³/mol. The van der Waals surface area contributed by atoms with Crippen molar-refractivity contribution in [2.24, 2.45) is 11.7 Å². The molecule has 1 aromatic heterocycles. The van der Waals surface area contributed by atoms with Gasteiger partial charge in [0.25, 0.3) is 10.0 Å². The number of aryl methyl sites for hydroxylation is 2. The first-order chi connectivity index (χ1) is 9.31. The van der Waals surface area contributed by atoms with Gasteiger partial charge in [-0.2, -0.15) is 0 Å². The van der Waals surface area contributed by atoms with E-state index in [0.29, 0.717) is 18.8 Å². The van der Waals surface area contributed by atoms with Gasteiger partial charge in [0.15, 0.2) is 5.03 Å². The molecule has 1 atom stereocenters. The van der Waals surface area contributed by atoms with E-state index in [9.17, 15) is 8.42 Å². The van der Waals surface area contributed by atoms with Gasteiger partial charge in [0, 0.05) is 18.8 Å². The standard InChI is InChI=1S/C13H26N4O2S/c1-5-8-17-9-13(15-11(17)4)20(18,19)16-12(6-7-14)10(2)3/h9-10,12,16H,5-8,14H2,1-4H3. The van der Waals surface area contributed by atoms with Crippen LogP contribution in [-0.4, -0.2) is 30.6 Å². The quantitative estimate of drug-likeness (QED) is 0.756. The normalized spacial score (nSPS) is 13.9. The van der Waals surface area contributed by atoms with Crippen molar-refractivity contribution in [3.63, 3.8) is 0 Å². The monoisotopic (exact) mass is 302 g/mol. The first-order valence-corrected chi connectivity index (χ1v) is 8.56. The second-order valence-corrected chi connectivity index (χ2v) is 7.03. The largest absolute Gasteiger partial charge is 0.334 e. The summed E-state index contributed by atoms with van der Waals surface area (Å²) >= 11 is 0. The number of hydrogen-bond donors (Lipinski definition) is 2. The van der Waals surface area contributed by atoms with E-state index in [0.717, 1.165) is 13.0 Å². The number of hydrogen-bond acceptors (Lipinski definition) is 4. The molecule has 6 nitrogen and oxygen atoms in total. The van der Waals surface area contributed by atoms with Crippen LogP contribution in [0.1, 0.15) is 39.4 Å². The van der Waals surface area contributed by atoms with Gasteiger partial charge in [0.2, 0.25) is 0 Å². The fourth-order valence-electron chi connectivity index (χ4n) is 2.04. The highest BCUT2D eigenvalue weighted by molar-refractivity contribution is 7.89. The van der Waals surface area contributed by atoms with Crippen molar-refractivity contribution in [3.8, 4) is 0 Å². The number of rotatable bonds is 8. The average molecular weight is 302 g/mol. The fourth-order valence-corrected chi connectivity index (χ4v) is 3.47. The first-order valence-electron chi connectivity index (χ1n) is 7.08. The van der Waals surface area contributed by atoms with Crippen LogP contribution in [0.3, 0.4) is 0 Å². The lowest BCUT2D eigenvalue weighted by atomic mass is 10.0. The van der Waals surface area contributed by atoms with Crippen molar-refractivity contribution in [1.82, 2.24) is 14.3 Å². The van der Waals surface area contributed by atoms with Crippen molar-refractivity contribution in [3.05, 3.63) is 12.0 Å². The summed E-state index contributed by atoms with van der Waals surface area (Å²) in [5, 5.41) is 0.0890. The Bertz CT molecular complexity index is 522. The first kappa shape index (κ1) is 17.1. The van der Waals surface area contributed by atoms with E-state index in [1.165, 1.54) is 0 Å². The number of imidazole rings is 1. The number of nitrogens with zero attached hydrogens (tertiary/aromatic N) is 2. The summed E-state index contributed by atoms with van der Waals surface area (Å²) in [6, 6.07) is -0.165. The van der Waals surface area contributed by atoms with Crippen LogP contribution in [0, 0.1) is 12.8 Å². The third-order valence-electron chi connectivity index (χ3n) is 3.28. The van der Waals surface area contributed by atoms with Gasteiger partial charge in [0.05, 0.1) is 0 Å². The van der Waals surface area contributed by atoms with Crippen LogP contribution in [0.25, 0.3) is 0 Å². The Morgan fingerprint density at radius 3 is 2.60 bits per heavy atom. The van der Waals surface area contributed by atoms with Gasteiger partial charge in [0.1, 0.15) is 5.82 Å². The zero-order valence-electron chi connectivity index (χ0n) is 12.8. The van der Waals surface area contributed by atoms with Gasteiger partial charge in [-0.1, -0.05) is 20.8 Å². The molecule has 0 aromatic carbocycles. The maximum Gasteiger partial charge on any atom is 0.259 e. The molecule has 0 bridgehead atoms. The van der Waals surface area contributed by atoms with Crippen LogP contribution in [0.5, 0.6) is 0 Å². The molecule has 1 rings (SSSR count). The Morgan fingerprint density at radius 1 is 1.45 bits per heavy atom. The maximum atomic E-state index is 12.4. The van der Waals surface area contributed by atoms with Crippen molar-refractivity contribution in [1.29, 1.82) is 0 Å². The highest BCUT2D eigenvalue weighted by Crippen LogP contribution is 2.13. The average Bonchev–Trinajstić information content (AvgIpc) is 2.71. The molecule has 0 aliphatic carbocycles. The summed E-state index contributed by atoms with van der Waals surface area (Å²) in [4.78, 5) is 4.15. The molecule has 1 unspecified atom stereocenters. The zero-order chi connectivity index (χ0) is 15.3. The van der Waals surface area contributed by atoms with Gasteiger partial charge in [-0.05, 0) is 32.2 Å². The molecular formula is C13H26N4O2S. The molecule has 0 amide bonds. The van der Waals surface area contributed by atoms with Gasteiger partial charge < -0.3 is 10.3 Å². The summed E-state index contributed by atoms with van der Waals surface area (Å²) in [5.74, 6) is 0.902. The smallest absolute Gasteiger partial charge is 0.259 e. The third kappa shape index (κ3) is 4.29. The molecule has 0 saturated heterocycles. The van der Waals surface area contributed by atoms with E-state index >= 15 is 0 Å². The maximum absolute atomic E-state index is 12.4. The topological polar surface area (TPSA) is 90.0 Å². The molecule has 0 radical (unpaired) electrons. The summed E-state index contributed by atoms with van der Waals surface area (Å²) in [5.41, 5.74) is 5.54. The van der Waals surface area contributed by atoms with Gasteiger partial charge in [-0.15, -0.1) is 0 Å². The van der Waals surface area contributed by atoms with E-state index < -0.39 is 10.0 Å². The van der Waals surface area contributed by atoms with Crippen LogP contribution in [0.4, 0.5) is 0 Å². The Kier molecular flexibility index (Phi) is 6.16. The molecule has 20 heavy (non-hydrogen) atoms. The predicted octanol–water partition coefficient (Wildman–Crippen LogP) is 1.25. The molecule has 116 valence electrons. The second kappa shape index (κ2) is 7.19. The lowest BCUT2D eigenvalue weighted by Gasteiger charge is -2.20. The minimum Gasteiger partial charge on any atom is -0.334 e. The molecule has 1 aromatic rings. The van der Waals surface area contributed by atoms with Crippen molar-refractivity contribution in [2.45, 2.75) is 58.1 Å². The summed E-state index contributed by atoms with van der Waals surface area (Å²) < 4.78 is 29.3. The Hall–Kier alpha value is -0.920. The molecule has 7 heteroatoms. The number of nitrogens with two attached hydrogens (primary N) is 1. The van der Waals surface area contributed by atoms with Crippen LogP contribution >= 0.6 is 0 Å². The third-order valence-corrected chi connectivity index (χ3v) is 4.64. The molecule has 0 saturated carbocycles. The molecule has 0 spiro atoms. The lowest BCUT2D eigenvalue weighted by molar-refractivity contribution is 0.428. The Balaban J connectivity index is 2.95. The van der Waals surface area contributed by atoms with Crippen LogP contribution < -0.4 is 10.5 Å². The fraction of sp³-hybridized carbons (Fsp3) is 0.769. The minimum atomic E-state index is -3.58. The minimum absolute atomic E-state index is 0.0890. The zero-order valence-corrected chi connectivity index (χ0v) is 13.6. The molecular weight excluding hydrogens is 276 g/mol. The van der Waals surface area contributed by atoms with E-state index in [1.54, 1.807) is 6.20 Å². The van der Waals surface area contributed by atoms with Crippen LogP contribution in [-0.2, 0) is 16.6 Å². The van der Waals surface area contributed by atoms with Crippen LogP contribution in [0.2, 0.25) is 0 Å². The van der Waals surface area contributed by atoms with E-state index in [-0.39, 0.29) is 17.0 Å². The highest BCUT2D eigenvalue weighted by Gasteiger charge is 2.24. The lowest BCUT2D eigenvalue weighted by Crippen LogP contribution is -2.40. The van der Waals surface area contributed by atoms with Gasteiger partial charge in [-0.25, -0.2) is 18.1 Å². The Morgan fingerprint density at radius 2 is 2.10 bits per heavy atom. The molecule has 3 N–H and O–H groups in total. The molecule has 1 heterocycles. The van der Waals surface area contributed by atoms with E-state index in [2.05, 4.69) is 9.71 Å². The summed E-state index contributed by atoms with van der Waals surface area (Å²) in [7, 11) is -3.58. The van der Waals surface area contributed by atoms with Crippen molar-refractivity contribution < 1.29 is 8.42 Å². The van der Waals surface area contributed by atoms with Crippen molar-refractivity contribution in [2.75, 3.05) is 6.54 Å². The number of nitrogens with one attached hydrogen (secondary N) is 1. The SMILES string of the molecule is CCCn1cc(S(=O)(=O)NC(CCN)C(C)C)nc1C. The number of aromatic nitrogens is 2. The molecule has 0 aliphatic heterocycles.